The normalized spacial score (nSPS) is 16.6. The minimum absolute atomic E-state index is 0.125. The standard InChI is InChI=1S/C31H30ClN5O3S/c1-17(2)29(38)34-24-13-12-20(16-23(24)32)37-28(27(35-31(37)41)25-10-7-8-14-33-25)22-15-18(3)36(19(22)4)26-11-6-5-9-21(26)30(39)40/h5-17,27-28H,1-4H3,(H,34,38)(H,35,41)(H,39,40)/t27-,28+/m0/s1. The molecule has 1 saturated heterocycles. The van der Waals surface area contributed by atoms with Crippen molar-refractivity contribution in [3.05, 3.63) is 106 Å². The van der Waals surface area contributed by atoms with E-state index in [-0.39, 0.29) is 29.5 Å². The van der Waals surface area contributed by atoms with Crippen LogP contribution in [-0.2, 0) is 4.79 Å². The molecule has 2 atom stereocenters. The Bertz CT molecular complexity index is 1650. The first-order valence-electron chi connectivity index (χ1n) is 13.2. The number of thiocarbonyl (C=S) groups is 1. The van der Waals surface area contributed by atoms with Crippen LogP contribution in [0.5, 0.6) is 0 Å². The highest BCUT2D eigenvalue weighted by Gasteiger charge is 2.42. The average Bonchev–Trinajstić information content (AvgIpc) is 3.44. The van der Waals surface area contributed by atoms with Crippen molar-refractivity contribution >= 4 is 52.2 Å². The number of carboxylic acid groups (broad SMARTS) is 1. The molecule has 2 aromatic carbocycles. The summed E-state index contributed by atoms with van der Waals surface area (Å²) >= 11 is 12.5. The van der Waals surface area contributed by atoms with Gasteiger partial charge in [0.25, 0.3) is 0 Å². The molecule has 0 bridgehead atoms. The zero-order valence-electron chi connectivity index (χ0n) is 23.1. The number of rotatable bonds is 7. The monoisotopic (exact) mass is 587 g/mol. The third-order valence-electron chi connectivity index (χ3n) is 7.28. The zero-order valence-corrected chi connectivity index (χ0v) is 24.6. The first-order valence-corrected chi connectivity index (χ1v) is 14.0. The van der Waals surface area contributed by atoms with Crippen LogP contribution in [0.4, 0.5) is 11.4 Å². The molecule has 1 amide bonds. The Kier molecular flexibility index (Phi) is 7.84. The SMILES string of the molecule is Cc1cc([C@@H]2[C@H](c3ccccn3)NC(=S)N2c2ccc(NC(=O)C(C)C)c(Cl)c2)c(C)n1-c1ccccc1C(=O)O. The van der Waals surface area contributed by atoms with Gasteiger partial charge in [-0.15, -0.1) is 0 Å². The smallest absolute Gasteiger partial charge is 0.337 e. The minimum Gasteiger partial charge on any atom is -0.478 e. The van der Waals surface area contributed by atoms with E-state index in [1.54, 1.807) is 30.5 Å². The van der Waals surface area contributed by atoms with Crippen LogP contribution in [0, 0.1) is 19.8 Å². The lowest BCUT2D eigenvalue weighted by molar-refractivity contribution is -0.118. The summed E-state index contributed by atoms with van der Waals surface area (Å²) in [6.07, 6.45) is 1.75. The number of pyridine rings is 1. The topological polar surface area (TPSA) is 99.5 Å². The summed E-state index contributed by atoms with van der Waals surface area (Å²) in [5, 5.41) is 17.1. The third-order valence-corrected chi connectivity index (χ3v) is 7.90. The lowest BCUT2D eigenvalue weighted by Crippen LogP contribution is -2.29. The van der Waals surface area contributed by atoms with Crippen molar-refractivity contribution in [2.75, 3.05) is 10.2 Å². The molecule has 1 aliphatic heterocycles. The molecular weight excluding hydrogens is 558 g/mol. The fourth-order valence-corrected chi connectivity index (χ4v) is 5.86. The lowest BCUT2D eigenvalue weighted by Gasteiger charge is -2.28. The van der Waals surface area contributed by atoms with Crippen molar-refractivity contribution in [1.82, 2.24) is 14.9 Å². The van der Waals surface area contributed by atoms with Crippen LogP contribution >= 0.6 is 23.8 Å². The summed E-state index contributed by atoms with van der Waals surface area (Å²) in [6.45, 7) is 7.58. The van der Waals surface area contributed by atoms with Gasteiger partial charge in [-0.1, -0.05) is 43.6 Å². The fraction of sp³-hybridized carbons (Fsp3) is 0.226. The second kappa shape index (κ2) is 11.3. The van der Waals surface area contributed by atoms with Crippen molar-refractivity contribution < 1.29 is 14.7 Å². The molecule has 0 saturated carbocycles. The number of benzene rings is 2. The van der Waals surface area contributed by atoms with Gasteiger partial charge in [0.2, 0.25) is 5.91 Å². The number of aromatic nitrogens is 2. The summed E-state index contributed by atoms with van der Waals surface area (Å²) in [5.41, 5.74) is 5.60. The summed E-state index contributed by atoms with van der Waals surface area (Å²) in [6, 6.07) is 19.6. The van der Waals surface area contributed by atoms with Gasteiger partial charge in [-0.05, 0) is 80.2 Å². The lowest BCUT2D eigenvalue weighted by atomic mass is 9.96. The largest absolute Gasteiger partial charge is 0.478 e. The van der Waals surface area contributed by atoms with Gasteiger partial charge in [0.15, 0.2) is 5.11 Å². The molecule has 10 heteroatoms. The summed E-state index contributed by atoms with van der Waals surface area (Å²) < 4.78 is 1.96. The molecule has 8 nitrogen and oxygen atoms in total. The van der Waals surface area contributed by atoms with Gasteiger partial charge in [-0.25, -0.2) is 4.79 Å². The number of amides is 1. The van der Waals surface area contributed by atoms with Crippen LogP contribution in [0.3, 0.4) is 0 Å². The van der Waals surface area contributed by atoms with E-state index in [9.17, 15) is 14.7 Å². The predicted octanol–water partition coefficient (Wildman–Crippen LogP) is 6.61. The molecule has 0 radical (unpaired) electrons. The molecule has 210 valence electrons. The number of hydrogen-bond acceptors (Lipinski definition) is 4. The Morgan fingerprint density at radius 1 is 1.07 bits per heavy atom. The maximum Gasteiger partial charge on any atom is 0.337 e. The van der Waals surface area contributed by atoms with Crippen molar-refractivity contribution in [3.8, 4) is 5.69 Å². The minimum atomic E-state index is -0.995. The molecule has 0 spiro atoms. The number of carbonyl (C=O) groups is 2. The summed E-state index contributed by atoms with van der Waals surface area (Å²) in [7, 11) is 0. The Morgan fingerprint density at radius 2 is 1.80 bits per heavy atom. The number of anilines is 2. The van der Waals surface area contributed by atoms with E-state index in [1.165, 1.54) is 0 Å². The summed E-state index contributed by atoms with van der Waals surface area (Å²) in [4.78, 5) is 31.0. The molecule has 0 aliphatic carbocycles. The van der Waals surface area contributed by atoms with Crippen molar-refractivity contribution in [3.63, 3.8) is 0 Å². The molecule has 3 N–H and O–H groups in total. The fourth-order valence-electron chi connectivity index (χ4n) is 5.29. The van der Waals surface area contributed by atoms with E-state index in [1.807, 2.05) is 73.6 Å². The van der Waals surface area contributed by atoms with E-state index in [0.717, 1.165) is 28.3 Å². The molecule has 41 heavy (non-hydrogen) atoms. The molecule has 2 aromatic heterocycles. The molecule has 3 heterocycles. The quantitative estimate of drug-likeness (QED) is 0.209. The van der Waals surface area contributed by atoms with Gasteiger partial charge in [0.05, 0.1) is 39.7 Å². The number of carboxylic acids is 1. The summed E-state index contributed by atoms with van der Waals surface area (Å²) in [5.74, 6) is -1.31. The van der Waals surface area contributed by atoms with Crippen molar-refractivity contribution in [2.45, 2.75) is 39.8 Å². The highest BCUT2D eigenvalue weighted by Crippen LogP contribution is 2.45. The van der Waals surface area contributed by atoms with Gasteiger partial charge >= 0.3 is 5.97 Å². The predicted molar refractivity (Wildman–Crippen MR) is 165 cm³/mol. The van der Waals surface area contributed by atoms with Gasteiger partial charge in [0, 0.05) is 29.2 Å². The molecule has 4 aromatic rings. The van der Waals surface area contributed by atoms with Crippen molar-refractivity contribution in [1.29, 1.82) is 0 Å². The maximum absolute atomic E-state index is 12.3. The van der Waals surface area contributed by atoms with E-state index < -0.39 is 5.97 Å². The molecular formula is C31H30ClN5O3S. The van der Waals surface area contributed by atoms with Gasteiger partial charge in [-0.3, -0.25) is 9.78 Å². The maximum atomic E-state index is 12.3. The van der Waals surface area contributed by atoms with Crippen LogP contribution in [-0.4, -0.2) is 31.6 Å². The highest BCUT2D eigenvalue weighted by molar-refractivity contribution is 7.80. The molecule has 5 rings (SSSR count). The van der Waals surface area contributed by atoms with E-state index in [0.29, 0.717) is 21.5 Å². The number of halogens is 1. The first-order chi connectivity index (χ1) is 19.6. The number of hydrogen-bond donors (Lipinski definition) is 3. The molecule has 1 fully saturated rings. The number of carbonyl (C=O) groups excluding carboxylic acids is 1. The Labute approximate surface area is 249 Å². The highest BCUT2D eigenvalue weighted by atomic mass is 35.5. The van der Waals surface area contributed by atoms with Gasteiger partial charge in [-0.2, -0.15) is 0 Å². The van der Waals surface area contributed by atoms with Gasteiger partial charge < -0.3 is 25.2 Å². The number of aromatic carboxylic acids is 1. The van der Waals surface area contributed by atoms with Crippen LogP contribution < -0.4 is 15.5 Å². The second-order valence-electron chi connectivity index (χ2n) is 10.3. The molecule has 0 unspecified atom stereocenters. The first kappa shape index (κ1) is 28.3. The van der Waals surface area contributed by atoms with Crippen LogP contribution in [0.15, 0.2) is 72.9 Å². The third kappa shape index (κ3) is 5.30. The van der Waals surface area contributed by atoms with E-state index in [4.69, 9.17) is 23.8 Å². The van der Waals surface area contributed by atoms with Crippen molar-refractivity contribution in [2.24, 2.45) is 5.92 Å². The second-order valence-corrected chi connectivity index (χ2v) is 11.1. The number of nitrogens with zero attached hydrogens (tertiary/aromatic N) is 3. The van der Waals surface area contributed by atoms with Gasteiger partial charge in [0.1, 0.15) is 0 Å². The number of aryl methyl sites for hydroxylation is 1. The zero-order chi connectivity index (χ0) is 29.4. The Hall–Kier alpha value is -4.21. The number of para-hydroxylation sites is 1. The number of nitrogens with one attached hydrogen (secondary N) is 2. The van der Waals surface area contributed by atoms with Crippen LogP contribution in [0.25, 0.3) is 5.69 Å². The average molecular weight is 588 g/mol. The molecule has 1 aliphatic rings. The Morgan fingerprint density at radius 3 is 2.46 bits per heavy atom. The Balaban J connectivity index is 1.65. The van der Waals surface area contributed by atoms with E-state index >= 15 is 0 Å². The van der Waals surface area contributed by atoms with Crippen LogP contribution in [0.1, 0.15) is 58.9 Å². The van der Waals surface area contributed by atoms with E-state index in [2.05, 4.69) is 21.7 Å². The van der Waals surface area contributed by atoms with Crippen LogP contribution in [0.2, 0.25) is 5.02 Å².